The lowest BCUT2D eigenvalue weighted by Crippen LogP contribution is -2.32. The van der Waals surface area contributed by atoms with Crippen molar-refractivity contribution in [3.05, 3.63) is 81.2 Å². The first-order chi connectivity index (χ1) is 15.5. The first kappa shape index (κ1) is 21.4. The Morgan fingerprint density at radius 1 is 1.06 bits per heavy atom. The maximum absolute atomic E-state index is 12.8. The average Bonchev–Trinajstić information content (AvgIpc) is 3.06. The number of carbonyl (C=O) groups excluding carboxylic acids is 2. The number of rotatable bonds is 7. The smallest absolute Gasteiger partial charge is 0.293 e. The second-order valence-electron chi connectivity index (χ2n) is 6.84. The zero-order chi connectivity index (χ0) is 22.7. The van der Waals surface area contributed by atoms with Crippen molar-refractivity contribution in [1.29, 1.82) is 0 Å². The van der Waals surface area contributed by atoms with Crippen LogP contribution in [0.25, 0.3) is 16.8 Å². The SMILES string of the molecule is COc1ccc([N+](=O)[O-])cc1/C=C1\SC(=O)N(CCOc2cccc3ccccc23)C1=O. The number of thioether (sulfide) groups is 1. The maximum atomic E-state index is 12.8. The lowest BCUT2D eigenvalue weighted by molar-refractivity contribution is -0.384. The number of carbonyl (C=O) groups is 2. The summed E-state index contributed by atoms with van der Waals surface area (Å²) in [6, 6.07) is 17.5. The van der Waals surface area contributed by atoms with Gasteiger partial charge >= 0.3 is 0 Å². The van der Waals surface area contributed by atoms with Crippen LogP contribution in [0.5, 0.6) is 11.5 Å². The summed E-state index contributed by atoms with van der Waals surface area (Å²) in [5.74, 6) is 0.559. The van der Waals surface area contributed by atoms with Gasteiger partial charge in [0.1, 0.15) is 18.1 Å². The molecule has 0 unspecified atom stereocenters. The van der Waals surface area contributed by atoms with Crippen molar-refractivity contribution in [3.63, 3.8) is 0 Å². The standard InChI is InChI=1S/C23H18N2O6S/c1-30-19-10-9-17(25(28)29)13-16(19)14-21-22(26)24(23(27)32-21)11-12-31-20-8-4-6-15-5-2-3-7-18(15)20/h2-10,13-14H,11-12H2,1H3/b21-14-. The number of nitro groups is 1. The van der Waals surface area contributed by atoms with E-state index in [9.17, 15) is 19.7 Å². The van der Waals surface area contributed by atoms with Gasteiger partial charge in [-0.15, -0.1) is 0 Å². The van der Waals surface area contributed by atoms with E-state index >= 15 is 0 Å². The molecule has 2 amide bonds. The number of methoxy groups -OCH3 is 1. The molecule has 4 rings (SSSR count). The van der Waals surface area contributed by atoms with Crippen molar-refractivity contribution in [2.24, 2.45) is 0 Å². The third kappa shape index (κ3) is 4.28. The highest BCUT2D eigenvalue weighted by Crippen LogP contribution is 2.35. The number of ether oxygens (including phenoxy) is 2. The Morgan fingerprint density at radius 3 is 2.62 bits per heavy atom. The largest absolute Gasteiger partial charge is 0.496 e. The predicted octanol–water partition coefficient (Wildman–Crippen LogP) is 4.87. The van der Waals surface area contributed by atoms with Gasteiger partial charge in [0, 0.05) is 23.1 Å². The number of hydrogen-bond acceptors (Lipinski definition) is 7. The molecule has 9 heteroatoms. The van der Waals surface area contributed by atoms with Crippen molar-refractivity contribution in [1.82, 2.24) is 4.90 Å². The maximum Gasteiger partial charge on any atom is 0.293 e. The van der Waals surface area contributed by atoms with Crippen LogP contribution in [-0.4, -0.2) is 41.2 Å². The topological polar surface area (TPSA) is 99.0 Å². The van der Waals surface area contributed by atoms with Crippen LogP contribution in [0.15, 0.2) is 65.6 Å². The normalized spacial score (nSPS) is 14.9. The number of non-ortho nitro benzene ring substituents is 1. The van der Waals surface area contributed by atoms with Crippen LogP contribution in [0.4, 0.5) is 10.5 Å². The molecule has 0 radical (unpaired) electrons. The molecule has 1 fully saturated rings. The van der Waals surface area contributed by atoms with Gasteiger partial charge in [0.25, 0.3) is 16.8 Å². The molecule has 3 aromatic carbocycles. The summed E-state index contributed by atoms with van der Waals surface area (Å²) < 4.78 is 11.1. The van der Waals surface area contributed by atoms with Gasteiger partial charge in [-0.25, -0.2) is 0 Å². The highest BCUT2D eigenvalue weighted by molar-refractivity contribution is 8.18. The highest BCUT2D eigenvalue weighted by atomic mass is 32.2. The van der Waals surface area contributed by atoms with Crippen LogP contribution >= 0.6 is 11.8 Å². The van der Waals surface area contributed by atoms with Crippen molar-refractivity contribution in [3.8, 4) is 11.5 Å². The van der Waals surface area contributed by atoms with E-state index in [-0.39, 0.29) is 23.7 Å². The Bertz CT molecular complexity index is 1250. The minimum absolute atomic E-state index is 0.0807. The van der Waals surface area contributed by atoms with E-state index < -0.39 is 16.1 Å². The Balaban J connectivity index is 1.48. The summed E-state index contributed by atoms with van der Waals surface area (Å²) in [4.78, 5) is 37.0. The first-order valence-electron chi connectivity index (χ1n) is 9.66. The van der Waals surface area contributed by atoms with E-state index in [1.165, 1.54) is 31.4 Å². The van der Waals surface area contributed by atoms with Crippen molar-refractivity contribution < 1.29 is 24.0 Å². The van der Waals surface area contributed by atoms with Crippen LogP contribution < -0.4 is 9.47 Å². The minimum atomic E-state index is -0.535. The quantitative estimate of drug-likeness (QED) is 0.288. The zero-order valence-electron chi connectivity index (χ0n) is 17.0. The molecular formula is C23H18N2O6S. The fourth-order valence-corrected chi connectivity index (χ4v) is 4.21. The molecule has 8 nitrogen and oxygen atoms in total. The number of benzene rings is 3. The molecule has 0 N–H and O–H groups in total. The molecule has 0 aliphatic carbocycles. The molecule has 162 valence electrons. The Hall–Kier alpha value is -3.85. The molecule has 0 aromatic heterocycles. The Labute approximate surface area is 187 Å². The summed E-state index contributed by atoms with van der Waals surface area (Å²) in [6.45, 7) is 0.219. The molecule has 1 aliphatic rings. The number of hydrogen-bond donors (Lipinski definition) is 0. The summed E-state index contributed by atoms with van der Waals surface area (Å²) in [5, 5.41) is 12.6. The fourth-order valence-electron chi connectivity index (χ4n) is 3.35. The van der Waals surface area contributed by atoms with Crippen molar-refractivity contribution >= 4 is 45.4 Å². The Kier molecular flexibility index (Phi) is 6.09. The van der Waals surface area contributed by atoms with Crippen LogP contribution in [0.2, 0.25) is 0 Å². The van der Waals surface area contributed by atoms with E-state index in [1.54, 1.807) is 0 Å². The molecule has 32 heavy (non-hydrogen) atoms. The van der Waals surface area contributed by atoms with Crippen molar-refractivity contribution in [2.75, 3.05) is 20.3 Å². The zero-order valence-corrected chi connectivity index (χ0v) is 17.8. The number of fused-ring (bicyclic) bond motifs is 1. The summed E-state index contributed by atoms with van der Waals surface area (Å²) >= 11 is 0.776. The molecule has 3 aromatic rings. The van der Waals surface area contributed by atoms with Gasteiger partial charge in [0.2, 0.25) is 0 Å². The van der Waals surface area contributed by atoms with Gasteiger partial charge in [-0.05, 0) is 35.4 Å². The summed E-state index contributed by atoms with van der Waals surface area (Å²) in [7, 11) is 1.43. The van der Waals surface area contributed by atoms with Crippen LogP contribution in [0, 0.1) is 10.1 Å². The van der Waals surface area contributed by atoms with Gasteiger partial charge in [-0.3, -0.25) is 24.6 Å². The van der Waals surface area contributed by atoms with E-state index in [1.807, 2.05) is 42.5 Å². The summed E-state index contributed by atoms with van der Waals surface area (Å²) in [5.41, 5.74) is 0.207. The molecule has 1 aliphatic heterocycles. The second kappa shape index (κ2) is 9.11. The number of nitro benzene ring substituents is 1. The van der Waals surface area contributed by atoms with Crippen LogP contribution in [0.1, 0.15) is 5.56 Å². The van der Waals surface area contributed by atoms with E-state index in [0.717, 1.165) is 27.4 Å². The molecule has 1 heterocycles. The minimum Gasteiger partial charge on any atom is -0.496 e. The second-order valence-corrected chi connectivity index (χ2v) is 7.84. The fraction of sp³-hybridized carbons (Fsp3) is 0.130. The lowest BCUT2D eigenvalue weighted by atomic mass is 10.1. The molecule has 0 spiro atoms. The number of imide groups is 1. The number of amides is 2. The van der Waals surface area contributed by atoms with E-state index in [0.29, 0.717) is 17.1 Å². The molecular weight excluding hydrogens is 432 g/mol. The molecule has 1 saturated heterocycles. The van der Waals surface area contributed by atoms with Gasteiger partial charge < -0.3 is 9.47 Å². The van der Waals surface area contributed by atoms with Crippen LogP contribution in [-0.2, 0) is 4.79 Å². The van der Waals surface area contributed by atoms with E-state index in [4.69, 9.17) is 9.47 Å². The Morgan fingerprint density at radius 2 is 1.84 bits per heavy atom. The van der Waals surface area contributed by atoms with Crippen molar-refractivity contribution in [2.45, 2.75) is 0 Å². The summed E-state index contributed by atoms with van der Waals surface area (Å²) in [6.07, 6.45) is 1.43. The monoisotopic (exact) mass is 450 g/mol. The predicted molar refractivity (Wildman–Crippen MR) is 122 cm³/mol. The van der Waals surface area contributed by atoms with Crippen LogP contribution in [0.3, 0.4) is 0 Å². The molecule has 0 bridgehead atoms. The highest BCUT2D eigenvalue weighted by Gasteiger charge is 2.35. The van der Waals surface area contributed by atoms with Gasteiger partial charge in [-0.1, -0.05) is 36.4 Å². The van der Waals surface area contributed by atoms with E-state index in [2.05, 4.69) is 0 Å². The molecule has 0 saturated carbocycles. The first-order valence-corrected chi connectivity index (χ1v) is 10.5. The molecule has 0 atom stereocenters. The average molecular weight is 450 g/mol. The third-order valence-electron chi connectivity index (χ3n) is 4.91. The lowest BCUT2D eigenvalue weighted by Gasteiger charge is -2.14. The van der Waals surface area contributed by atoms with Gasteiger partial charge in [0.15, 0.2) is 0 Å². The third-order valence-corrected chi connectivity index (χ3v) is 5.81. The number of nitrogens with zero attached hydrogens (tertiary/aromatic N) is 2. The van der Waals surface area contributed by atoms with Gasteiger partial charge in [-0.2, -0.15) is 0 Å². The van der Waals surface area contributed by atoms with Gasteiger partial charge in [0.05, 0.1) is 23.5 Å².